The maximum absolute atomic E-state index is 11.9. The molecule has 0 aliphatic carbocycles. The highest BCUT2D eigenvalue weighted by Gasteiger charge is 2.20. The van der Waals surface area contributed by atoms with E-state index in [1.54, 1.807) is 0 Å². The number of nitrogens with one attached hydrogen (secondary N) is 1. The summed E-state index contributed by atoms with van der Waals surface area (Å²) in [6.07, 6.45) is 1.94. The Bertz CT molecular complexity index is 245. The average molecular weight is 225 g/mol. The maximum atomic E-state index is 11.9. The second-order valence-corrected chi connectivity index (χ2v) is 4.54. The van der Waals surface area contributed by atoms with Crippen LogP contribution in [0, 0.1) is 23.2 Å². The molecule has 0 aromatic rings. The third-order valence-corrected chi connectivity index (χ3v) is 2.59. The van der Waals surface area contributed by atoms with Crippen molar-refractivity contribution in [1.82, 2.24) is 5.32 Å². The van der Waals surface area contributed by atoms with E-state index in [4.69, 9.17) is 11.0 Å². The molecular weight excluding hydrogens is 202 g/mol. The number of carbonyl (C=O) groups excluding carboxylic acids is 1. The molecule has 16 heavy (non-hydrogen) atoms. The normalized spacial score (nSPS) is 14.2. The van der Waals surface area contributed by atoms with Gasteiger partial charge in [0.15, 0.2) is 0 Å². The van der Waals surface area contributed by atoms with Gasteiger partial charge in [0.2, 0.25) is 5.91 Å². The van der Waals surface area contributed by atoms with Crippen LogP contribution in [0.5, 0.6) is 0 Å². The topological polar surface area (TPSA) is 78.9 Å². The second kappa shape index (κ2) is 8.12. The number of nitrogens with two attached hydrogens (primary N) is 1. The Hall–Kier alpha value is -1.08. The number of nitriles is 1. The molecule has 0 spiro atoms. The molecule has 0 aliphatic rings. The quantitative estimate of drug-likeness (QED) is 0.687. The molecule has 0 saturated heterocycles. The molecule has 0 bridgehead atoms. The van der Waals surface area contributed by atoms with Gasteiger partial charge < -0.3 is 11.1 Å². The molecule has 0 heterocycles. The van der Waals surface area contributed by atoms with Crippen LogP contribution in [-0.4, -0.2) is 18.5 Å². The van der Waals surface area contributed by atoms with Gasteiger partial charge in [-0.3, -0.25) is 4.79 Å². The highest BCUT2D eigenvalue weighted by molar-refractivity contribution is 5.79. The van der Waals surface area contributed by atoms with Crippen LogP contribution in [0.1, 0.15) is 40.0 Å². The van der Waals surface area contributed by atoms with Crippen LogP contribution in [0.2, 0.25) is 0 Å². The fourth-order valence-electron chi connectivity index (χ4n) is 1.61. The predicted molar refractivity (Wildman–Crippen MR) is 64.5 cm³/mol. The van der Waals surface area contributed by atoms with E-state index in [0.29, 0.717) is 18.9 Å². The van der Waals surface area contributed by atoms with Gasteiger partial charge in [-0.1, -0.05) is 20.8 Å². The summed E-state index contributed by atoms with van der Waals surface area (Å²) < 4.78 is 0. The van der Waals surface area contributed by atoms with Crippen LogP contribution in [0.3, 0.4) is 0 Å². The summed E-state index contributed by atoms with van der Waals surface area (Å²) in [5, 5.41) is 11.5. The molecule has 1 amide bonds. The van der Waals surface area contributed by atoms with Gasteiger partial charge in [-0.15, -0.1) is 0 Å². The molecule has 0 saturated carbocycles. The average Bonchev–Trinajstić information content (AvgIpc) is 2.24. The van der Waals surface area contributed by atoms with Gasteiger partial charge in [-0.05, 0) is 18.8 Å². The van der Waals surface area contributed by atoms with E-state index < -0.39 is 0 Å². The lowest BCUT2D eigenvalue weighted by Gasteiger charge is -2.20. The first kappa shape index (κ1) is 14.9. The Morgan fingerprint density at radius 2 is 2.12 bits per heavy atom. The number of amides is 1. The van der Waals surface area contributed by atoms with Gasteiger partial charge in [-0.25, -0.2) is 0 Å². The third-order valence-electron chi connectivity index (χ3n) is 2.59. The molecule has 4 heteroatoms. The number of carbonyl (C=O) groups is 1. The first-order valence-electron chi connectivity index (χ1n) is 5.92. The van der Waals surface area contributed by atoms with E-state index in [1.165, 1.54) is 0 Å². The van der Waals surface area contributed by atoms with Crippen LogP contribution in [-0.2, 0) is 4.79 Å². The molecule has 0 aliphatic heterocycles. The lowest BCUT2D eigenvalue weighted by atomic mass is 9.96. The standard InChI is InChI=1S/C12H23N3O/c1-4-11(5-6-13)15-12(16)10(8-14)7-9(2)3/h9-11H,4-5,7-8,14H2,1-3H3,(H,15,16). The summed E-state index contributed by atoms with van der Waals surface area (Å²) in [5.41, 5.74) is 5.59. The zero-order valence-corrected chi connectivity index (χ0v) is 10.5. The number of rotatable bonds is 7. The highest BCUT2D eigenvalue weighted by Crippen LogP contribution is 2.11. The molecule has 0 radical (unpaired) electrons. The predicted octanol–water partition coefficient (Wildman–Crippen LogP) is 1.42. The Kier molecular flexibility index (Phi) is 7.57. The Labute approximate surface area is 98.2 Å². The van der Waals surface area contributed by atoms with Crippen molar-refractivity contribution in [2.45, 2.75) is 46.1 Å². The van der Waals surface area contributed by atoms with Gasteiger partial charge in [-0.2, -0.15) is 5.26 Å². The fourth-order valence-corrected chi connectivity index (χ4v) is 1.61. The number of hydrogen-bond acceptors (Lipinski definition) is 3. The fraction of sp³-hybridized carbons (Fsp3) is 0.833. The van der Waals surface area contributed by atoms with Crippen molar-refractivity contribution < 1.29 is 4.79 Å². The summed E-state index contributed by atoms with van der Waals surface area (Å²) >= 11 is 0. The minimum atomic E-state index is -0.132. The Morgan fingerprint density at radius 3 is 2.50 bits per heavy atom. The minimum Gasteiger partial charge on any atom is -0.352 e. The summed E-state index contributed by atoms with van der Waals surface area (Å²) in [6.45, 7) is 6.47. The lowest BCUT2D eigenvalue weighted by molar-refractivity contribution is -0.125. The van der Waals surface area contributed by atoms with Crippen LogP contribution in [0.4, 0.5) is 0 Å². The zero-order valence-electron chi connectivity index (χ0n) is 10.5. The van der Waals surface area contributed by atoms with Gasteiger partial charge in [0.1, 0.15) is 0 Å². The van der Waals surface area contributed by atoms with E-state index in [9.17, 15) is 4.79 Å². The van der Waals surface area contributed by atoms with Crippen molar-refractivity contribution >= 4 is 5.91 Å². The summed E-state index contributed by atoms with van der Waals surface area (Å²) in [5.74, 6) is 0.307. The van der Waals surface area contributed by atoms with Crippen molar-refractivity contribution in [3.63, 3.8) is 0 Å². The smallest absolute Gasteiger partial charge is 0.224 e. The molecule has 2 atom stereocenters. The van der Waals surface area contributed by atoms with E-state index >= 15 is 0 Å². The first-order chi connectivity index (χ1) is 7.54. The SMILES string of the molecule is CCC(CC#N)NC(=O)C(CN)CC(C)C. The molecule has 0 rings (SSSR count). The number of nitrogens with zero attached hydrogens (tertiary/aromatic N) is 1. The third kappa shape index (κ3) is 5.72. The summed E-state index contributed by atoms with van der Waals surface area (Å²) in [7, 11) is 0. The summed E-state index contributed by atoms with van der Waals surface area (Å²) in [4.78, 5) is 11.9. The van der Waals surface area contributed by atoms with Crippen molar-refractivity contribution in [2.24, 2.45) is 17.6 Å². The van der Waals surface area contributed by atoms with Crippen LogP contribution in [0.25, 0.3) is 0 Å². The van der Waals surface area contributed by atoms with Crippen molar-refractivity contribution in [3.8, 4) is 6.07 Å². The zero-order chi connectivity index (χ0) is 12.6. The van der Waals surface area contributed by atoms with Gasteiger partial charge in [0, 0.05) is 12.6 Å². The van der Waals surface area contributed by atoms with E-state index in [0.717, 1.165) is 12.8 Å². The summed E-state index contributed by atoms with van der Waals surface area (Å²) in [6, 6.07) is 2.03. The maximum Gasteiger partial charge on any atom is 0.224 e. The van der Waals surface area contributed by atoms with E-state index in [1.807, 2.05) is 6.92 Å². The molecule has 2 unspecified atom stereocenters. The molecule has 0 aromatic carbocycles. The van der Waals surface area contributed by atoms with Crippen LogP contribution in [0.15, 0.2) is 0 Å². The Balaban J connectivity index is 4.24. The highest BCUT2D eigenvalue weighted by atomic mass is 16.1. The van der Waals surface area contributed by atoms with E-state index in [-0.39, 0.29) is 17.9 Å². The molecule has 92 valence electrons. The van der Waals surface area contributed by atoms with Crippen molar-refractivity contribution in [3.05, 3.63) is 0 Å². The Morgan fingerprint density at radius 1 is 1.50 bits per heavy atom. The van der Waals surface area contributed by atoms with Gasteiger partial charge in [0.05, 0.1) is 18.4 Å². The van der Waals surface area contributed by atoms with Gasteiger partial charge in [0.25, 0.3) is 0 Å². The van der Waals surface area contributed by atoms with Crippen molar-refractivity contribution in [2.75, 3.05) is 6.54 Å². The largest absolute Gasteiger partial charge is 0.352 e. The van der Waals surface area contributed by atoms with Crippen LogP contribution < -0.4 is 11.1 Å². The monoisotopic (exact) mass is 225 g/mol. The molecule has 0 aromatic heterocycles. The lowest BCUT2D eigenvalue weighted by Crippen LogP contribution is -2.41. The molecule has 3 N–H and O–H groups in total. The molecule has 4 nitrogen and oxygen atoms in total. The number of hydrogen-bond donors (Lipinski definition) is 2. The van der Waals surface area contributed by atoms with Crippen LogP contribution >= 0.6 is 0 Å². The van der Waals surface area contributed by atoms with Crippen molar-refractivity contribution in [1.29, 1.82) is 5.26 Å². The van der Waals surface area contributed by atoms with E-state index in [2.05, 4.69) is 25.2 Å². The minimum absolute atomic E-state index is 0.0155. The van der Waals surface area contributed by atoms with Gasteiger partial charge >= 0.3 is 0 Å². The first-order valence-corrected chi connectivity index (χ1v) is 5.92. The second-order valence-electron chi connectivity index (χ2n) is 4.54. The molecule has 0 fully saturated rings. The molecular formula is C12H23N3O.